The third-order valence-corrected chi connectivity index (χ3v) is 33.9. The van der Waals surface area contributed by atoms with Crippen molar-refractivity contribution in [2.45, 2.75) is 84.1 Å². The molecule has 40 heavy (non-hydrogen) atoms. The molecular weight excluding hydrogens is 605 g/mol. The minimum absolute atomic E-state index is 0.322. The van der Waals surface area contributed by atoms with Crippen molar-refractivity contribution in [1.29, 1.82) is 0 Å². The minimum atomic E-state index is -2.85. The molecule has 0 saturated carbocycles. The molecule has 3 unspecified atom stereocenters. The van der Waals surface area contributed by atoms with Gasteiger partial charge in [-0.25, -0.2) is 9.59 Å². The highest BCUT2D eigenvalue weighted by atomic mass is 28.5. The summed E-state index contributed by atoms with van der Waals surface area (Å²) in [5.41, 5.74) is 2.80. The quantitative estimate of drug-likeness (QED) is 0.129. The first-order valence-corrected chi connectivity index (χ1v) is 30.9. The lowest BCUT2D eigenvalue weighted by molar-refractivity contribution is -0.137. The number of hydrogen-bond donors (Lipinski definition) is 0. The summed E-state index contributed by atoms with van der Waals surface area (Å²) < 4.78 is 32.0. The topological polar surface area (TPSA) is 80.3 Å². The number of carbonyl (C=O) groups excluding carboxylic acids is 2. The summed E-state index contributed by atoms with van der Waals surface area (Å²) in [7, 11) is -12.5. The molecule has 0 radical (unpaired) electrons. The average molecular weight is 657 g/mol. The zero-order valence-electron chi connectivity index (χ0n) is 26.6. The van der Waals surface area contributed by atoms with E-state index in [9.17, 15) is 9.59 Å². The Hall–Kier alpha value is -1.18. The maximum Gasteiger partial charge on any atom is 0.350 e. The zero-order chi connectivity index (χ0) is 30.9. The van der Waals surface area contributed by atoms with Gasteiger partial charge in [0.15, 0.2) is 16.6 Å². The van der Waals surface area contributed by atoms with Crippen molar-refractivity contribution < 1.29 is 31.4 Å². The van der Waals surface area contributed by atoms with Crippen LogP contribution in [0.3, 0.4) is 0 Å². The molecule has 0 aliphatic rings. The maximum atomic E-state index is 11.9. The van der Waals surface area contributed by atoms with Crippen LogP contribution in [0.15, 0.2) is 54.6 Å². The van der Waals surface area contributed by atoms with E-state index in [1.54, 1.807) is 13.8 Å². The van der Waals surface area contributed by atoms with Gasteiger partial charge in [0.1, 0.15) is 0 Å². The van der Waals surface area contributed by atoms with Gasteiger partial charge in [0.2, 0.25) is 0 Å². The fraction of sp³-hybridized carbons (Fsp3) is 0.556. The predicted molar refractivity (Wildman–Crippen MR) is 181 cm³/mol. The molecule has 13 heteroatoms. The number of carbonyl (C=O) groups is 2. The highest BCUT2D eigenvalue weighted by Crippen LogP contribution is 2.28. The van der Waals surface area contributed by atoms with Gasteiger partial charge in [-0.2, -0.15) is 0 Å². The summed E-state index contributed by atoms with van der Waals surface area (Å²) in [6, 6.07) is 10.3. The van der Waals surface area contributed by atoms with E-state index >= 15 is 0 Å². The van der Waals surface area contributed by atoms with Crippen LogP contribution in [0.5, 0.6) is 0 Å². The molecule has 1 aromatic rings. The van der Waals surface area contributed by atoms with Crippen LogP contribution in [0.4, 0.5) is 0 Å². The lowest BCUT2D eigenvalue weighted by Crippen LogP contribution is -2.64. The van der Waals surface area contributed by atoms with Crippen molar-refractivity contribution in [1.82, 2.24) is 0 Å². The van der Waals surface area contributed by atoms with Crippen LogP contribution in [-0.4, -0.2) is 75.7 Å². The van der Waals surface area contributed by atoms with Crippen molar-refractivity contribution >= 4 is 68.5 Å². The zero-order valence-corrected chi connectivity index (χ0v) is 33.0. The van der Waals surface area contributed by atoms with Crippen LogP contribution in [0.1, 0.15) is 13.8 Å². The summed E-state index contributed by atoms with van der Waals surface area (Å²) >= 11 is 0. The van der Waals surface area contributed by atoms with E-state index in [1.807, 2.05) is 18.2 Å². The molecule has 0 aliphatic carbocycles. The normalized spacial score (nSPS) is 15.5. The Bertz CT molecular complexity index is 1030. The SMILES string of the molecule is C=C(C)C(=O)OC[SiH](C)C[Si](C)(C)O[Si](C)(C)O[Si](C)(O[Si](C)(C)C[SiH](C)COC(=O)C(=C)C)c1ccccc1. The van der Waals surface area contributed by atoms with E-state index in [0.717, 1.165) is 16.5 Å². The van der Waals surface area contributed by atoms with Gasteiger partial charge in [0.25, 0.3) is 0 Å². The van der Waals surface area contributed by atoms with Crippen LogP contribution < -0.4 is 5.19 Å². The van der Waals surface area contributed by atoms with Crippen molar-refractivity contribution in [3.8, 4) is 0 Å². The summed E-state index contributed by atoms with van der Waals surface area (Å²) in [5, 5.41) is 1.09. The van der Waals surface area contributed by atoms with E-state index < -0.39 is 51.4 Å². The highest BCUT2D eigenvalue weighted by molar-refractivity contribution is 6.97. The first-order valence-electron chi connectivity index (χ1n) is 14.0. The smallest absolute Gasteiger partial charge is 0.350 e. The Morgan fingerprint density at radius 1 is 0.700 bits per heavy atom. The molecule has 7 nitrogen and oxygen atoms in total. The number of rotatable bonds is 17. The van der Waals surface area contributed by atoms with Crippen LogP contribution in [0, 0.1) is 0 Å². The van der Waals surface area contributed by atoms with Gasteiger partial charge >= 0.3 is 29.1 Å². The molecule has 0 N–H and O–H groups in total. The van der Waals surface area contributed by atoms with E-state index in [2.05, 4.69) is 84.2 Å². The maximum absolute atomic E-state index is 11.9. The highest BCUT2D eigenvalue weighted by Gasteiger charge is 2.48. The fourth-order valence-electron chi connectivity index (χ4n) is 5.12. The molecule has 3 atom stereocenters. The molecule has 0 amide bonds. The summed E-state index contributed by atoms with van der Waals surface area (Å²) in [4.78, 5) is 23.7. The van der Waals surface area contributed by atoms with E-state index in [0.29, 0.717) is 23.6 Å². The lowest BCUT2D eigenvalue weighted by atomic mass is 10.4. The molecular formula is C27H52O7Si6. The fourth-order valence-corrected chi connectivity index (χ4v) is 38.6. The van der Waals surface area contributed by atoms with E-state index in [-0.39, 0.29) is 11.9 Å². The number of hydrogen-bond acceptors (Lipinski definition) is 7. The number of ether oxygens (including phenoxy) is 2. The molecule has 226 valence electrons. The average Bonchev–Trinajstić information content (AvgIpc) is 2.78. The number of benzene rings is 1. The summed E-state index contributed by atoms with van der Waals surface area (Å²) in [5.74, 6) is -0.646. The molecule has 0 saturated heterocycles. The molecule has 0 fully saturated rings. The largest absolute Gasteiger partial charge is 0.467 e. The Kier molecular flexibility index (Phi) is 14.1. The minimum Gasteiger partial charge on any atom is -0.467 e. The Balaban J connectivity index is 3.03. The first kappa shape index (κ1) is 36.8. The van der Waals surface area contributed by atoms with Crippen molar-refractivity contribution in [3.05, 3.63) is 54.6 Å². The molecule has 0 aromatic heterocycles. The monoisotopic (exact) mass is 656 g/mol. The van der Waals surface area contributed by atoms with Crippen molar-refractivity contribution in [2.24, 2.45) is 0 Å². The molecule has 0 aliphatic heterocycles. The van der Waals surface area contributed by atoms with Crippen LogP contribution in [0.2, 0.25) is 70.3 Å². The summed E-state index contributed by atoms with van der Waals surface area (Å²) in [6.07, 6.45) is 0.959. The van der Waals surface area contributed by atoms with E-state index in [1.165, 1.54) is 0 Å². The Morgan fingerprint density at radius 2 is 1.10 bits per heavy atom. The molecule has 1 aromatic carbocycles. The third kappa shape index (κ3) is 13.7. The molecule has 0 heterocycles. The van der Waals surface area contributed by atoms with Gasteiger partial charge in [-0.1, -0.05) is 56.6 Å². The van der Waals surface area contributed by atoms with Crippen LogP contribution in [0.25, 0.3) is 0 Å². The van der Waals surface area contributed by atoms with Crippen LogP contribution >= 0.6 is 0 Å². The van der Waals surface area contributed by atoms with Gasteiger partial charge in [0, 0.05) is 11.1 Å². The summed E-state index contributed by atoms with van der Waals surface area (Å²) in [6.45, 7) is 30.5. The van der Waals surface area contributed by atoms with Crippen molar-refractivity contribution in [2.75, 3.05) is 12.5 Å². The van der Waals surface area contributed by atoms with Crippen LogP contribution in [-0.2, 0) is 31.4 Å². The van der Waals surface area contributed by atoms with E-state index in [4.69, 9.17) is 21.8 Å². The second-order valence-corrected chi connectivity index (χ2v) is 36.0. The standard InChI is InChI=1S/C27H52O7Si6/c1-23(2)26(28)30-19-35(5)21-37(7,8)32-39(11,12)34-40(13,25-17-15-14-16-18-25)33-38(9,10)22-36(6)20-31-27(29)24(3)4/h14-18,35-36H,1,3,19-22H2,2,4-13H3. The third-order valence-electron chi connectivity index (χ3n) is 6.11. The van der Waals surface area contributed by atoms with Gasteiger partial charge in [0.05, 0.1) is 30.1 Å². The van der Waals surface area contributed by atoms with Gasteiger partial charge < -0.3 is 21.8 Å². The van der Waals surface area contributed by atoms with Gasteiger partial charge in [-0.3, -0.25) is 0 Å². The second kappa shape index (κ2) is 15.3. The number of esters is 2. The Morgan fingerprint density at radius 3 is 1.50 bits per heavy atom. The lowest BCUT2D eigenvalue weighted by Gasteiger charge is -2.43. The predicted octanol–water partition coefficient (Wildman–Crippen LogP) is 5.24. The molecule has 1 rings (SSSR count). The first-order chi connectivity index (χ1) is 18.2. The Labute approximate surface area is 250 Å². The molecule has 0 spiro atoms. The van der Waals surface area contributed by atoms with Crippen molar-refractivity contribution in [3.63, 3.8) is 0 Å². The van der Waals surface area contributed by atoms with Gasteiger partial charge in [-0.05, 0) is 76.2 Å². The van der Waals surface area contributed by atoms with Gasteiger partial charge in [-0.15, -0.1) is 0 Å². The second-order valence-electron chi connectivity index (χ2n) is 12.9. The molecule has 0 bridgehead atoms.